The van der Waals surface area contributed by atoms with Gasteiger partial charge in [-0.25, -0.2) is 0 Å². The van der Waals surface area contributed by atoms with Gasteiger partial charge in [0.2, 0.25) is 0 Å². The molecule has 0 saturated heterocycles. The Morgan fingerprint density at radius 2 is 1.89 bits per heavy atom. The molecule has 1 unspecified atom stereocenters. The molecule has 0 heterocycles. The molecule has 18 heavy (non-hydrogen) atoms. The normalized spacial score (nSPS) is 19.7. The van der Waals surface area contributed by atoms with Crippen LogP contribution in [0.3, 0.4) is 0 Å². The first-order chi connectivity index (χ1) is 8.40. The van der Waals surface area contributed by atoms with Gasteiger partial charge in [0, 0.05) is 6.54 Å². The third-order valence-corrected chi connectivity index (χ3v) is 3.49. The zero-order valence-corrected chi connectivity index (χ0v) is 11.0. The van der Waals surface area contributed by atoms with Gasteiger partial charge in [0.1, 0.15) is 0 Å². The van der Waals surface area contributed by atoms with E-state index < -0.39 is 18.8 Å². The Balaban J connectivity index is 2.33. The van der Waals surface area contributed by atoms with E-state index in [0.717, 1.165) is 12.8 Å². The van der Waals surface area contributed by atoms with Gasteiger partial charge in [0.25, 0.3) is 0 Å². The van der Waals surface area contributed by atoms with Crippen molar-refractivity contribution in [2.75, 3.05) is 19.6 Å². The molecule has 2 nitrogen and oxygen atoms in total. The average Bonchev–Trinajstić information content (AvgIpc) is 2.67. The standard InChI is InChI=1S/C13H24F3NO/c1-2-7-17(10-13(14,15)16)9-12(18)8-11-5-3-4-6-11/h11-12,18H,2-10H2,1H3. The van der Waals surface area contributed by atoms with Crippen LogP contribution in [-0.2, 0) is 0 Å². The molecule has 0 bridgehead atoms. The third kappa shape index (κ3) is 6.59. The second-order valence-electron chi connectivity index (χ2n) is 5.39. The lowest BCUT2D eigenvalue weighted by atomic mass is 10.00. The van der Waals surface area contributed by atoms with Crippen molar-refractivity contribution in [3.63, 3.8) is 0 Å². The number of aliphatic hydroxyl groups excluding tert-OH is 1. The number of hydrogen-bond donors (Lipinski definition) is 1. The van der Waals surface area contributed by atoms with Crippen LogP contribution in [0.25, 0.3) is 0 Å². The smallest absolute Gasteiger partial charge is 0.392 e. The number of halogens is 3. The predicted octanol–water partition coefficient (Wildman–Crippen LogP) is 3.20. The van der Waals surface area contributed by atoms with Crippen LogP contribution in [0.4, 0.5) is 13.2 Å². The van der Waals surface area contributed by atoms with Gasteiger partial charge in [-0.2, -0.15) is 13.2 Å². The SMILES string of the molecule is CCCN(CC(O)CC1CCCC1)CC(F)(F)F. The molecular formula is C13H24F3NO. The monoisotopic (exact) mass is 267 g/mol. The molecule has 0 radical (unpaired) electrons. The van der Waals surface area contributed by atoms with Gasteiger partial charge in [-0.05, 0) is 25.3 Å². The van der Waals surface area contributed by atoms with E-state index in [0.29, 0.717) is 25.3 Å². The summed E-state index contributed by atoms with van der Waals surface area (Å²) in [6.07, 6.45) is 1.14. The number of nitrogens with zero attached hydrogens (tertiary/aromatic N) is 1. The highest BCUT2D eigenvalue weighted by Crippen LogP contribution is 2.29. The Bertz CT molecular complexity index is 227. The molecule has 108 valence electrons. The molecule has 0 spiro atoms. The summed E-state index contributed by atoms with van der Waals surface area (Å²) in [6.45, 7) is 1.47. The quantitative estimate of drug-likeness (QED) is 0.765. The molecule has 1 aliphatic carbocycles. The largest absolute Gasteiger partial charge is 0.401 e. The summed E-state index contributed by atoms with van der Waals surface area (Å²) in [5, 5.41) is 9.89. The third-order valence-electron chi connectivity index (χ3n) is 3.49. The lowest BCUT2D eigenvalue weighted by molar-refractivity contribution is -0.148. The fourth-order valence-corrected chi connectivity index (χ4v) is 2.81. The van der Waals surface area contributed by atoms with Crippen molar-refractivity contribution in [1.29, 1.82) is 0 Å². The van der Waals surface area contributed by atoms with Crippen molar-refractivity contribution >= 4 is 0 Å². The Kier molecular flexibility index (Phi) is 6.43. The maximum atomic E-state index is 12.4. The first-order valence-corrected chi connectivity index (χ1v) is 6.88. The van der Waals surface area contributed by atoms with Gasteiger partial charge in [-0.15, -0.1) is 0 Å². The Hall–Kier alpha value is -0.290. The summed E-state index contributed by atoms with van der Waals surface area (Å²) >= 11 is 0. The van der Waals surface area contributed by atoms with Gasteiger partial charge >= 0.3 is 6.18 Å². The maximum Gasteiger partial charge on any atom is 0.401 e. The van der Waals surface area contributed by atoms with Crippen molar-refractivity contribution in [1.82, 2.24) is 4.90 Å². The number of hydrogen-bond acceptors (Lipinski definition) is 2. The molecule has 0 aliphatic heterocycles. The lowest BCUT2D eigenvalue weighted by Gasteiger charge is -2.26. The van der Waals surface area contributed by atoms with Crippen LogP contribution in [0.1, 0.15) is 45.4 Å². The van der Waals surface area contributed by atoms with Crippen LogP contribution in [0.5, 0.6) is 0 Å². The van der Waals surface area contributed by atoms with E-state index in [2.05, 4.69) is 0 Å². The van der Waals surface area contributed by atoms with Crippen molar-refractivity contribution in [2.24, 2.45) is 5.92 Å². The van der Waals surface area contributed by atoms with E-state index in [9.17, 15) is 18.3 Å². The molecular weight excluding hydrogens is 243 g/mol. The molecule has 1 N–H and O–H groups in total. The Morgan fingerprint density at radius 1 is 1.28 bits per heavy atom. The zero-order chi connectivity index (χ0) is 13.6. The van der Waals surface area contributed by atoms with Crippen LogP contribution in [0.2, 0.25) is 0 Å². The molecule has 0 aromatic heterocycles. The highest BCUT2D eigenvalue weighted by molar-refractivity contribution is 4.74. The van der Waals surface area contributed by atoms with E-state index in [-0.39, 0.29) is 6.54 Å². The van der Waals surface area contributed by atoms with Gasteiger partial charge in [-0.3, -0.25) is 4.90 Å². The topological polar surface area (TPSA) is 23.5 Å². The van der Waals surface area contributed by atoms with E-state index in [4.69, 9.17) is 0 Å². The average molecular weight is 267 g/mol. The molecule has 1 aliphatic rings. The molecule has 0 aromatic carbocycles. The van der Waals surface area contributed by atoms with Crippen LogP contribution < -0.4 is 0 Å². The molecule has 0 amide bonds. The summed E-state index contributed by atoms with van der Waals surface area (Å²) in [5.74, 6) is 0.509. The number of rotatable bonds is 7. The number of aliphatic hydroxyl groups is 1. The summed E-state index contributed by atoms with van der Waals surface area (Å²) in [6, 6.07) is 0. The molecule has 5 heteroatoms. The van der Waals surface area contributed by atoms with Crippen LogP contribution in [0, 0.1) is 5.92 Å². The first-order valence-electron chi connectivity index (χ1n) is 6.88. The Labute approximate surface area is 107 Å². The van der Waals surface area contributed by atoms with Gasteiger partial charge in [0.05, 0.1) is 12.6 Å². The van der Waals surface area contributed by atoms with E-state index in [1.165, 1.54) is 17.7 Å². The fraction of sp³-hybridized carbons (Fsp3) is 1.00. The molecule has 1 fully saturated rings. The van der Waals surface area contributed by atoms with Crippen LogP contribution in [-0.4, -0.2) is 41.9 Å². The highest BCUT2D eigenvalue weighted by Gasteiger charge is 2.31. The molecule has 1 saturated carbocycles. The number of alkyl halides is 3. The second kappa shape index (κ2) is 7.34. The lowest BCUT2D eigenvalue weighted by Crippen LogP contribution is -2.40. The van der Waals surface area contributed by atoms with Crippen molar-refractivity contribution < 1.29 is 18.3 Å². The first kappa shape index (κ1) is 15.8. The van der Waals surface area contributed by atoms with Gasteiger partial charge < -0.3 is 5.11 Å². The molecule has 1 atom stereocenters. The minimum atomic E-state index is -4.18. The van der Waals surface area contributed by atoms with E-state index in [1.807, 2.05) is 6.92 Å². The summed E-state index contributed by atoms with van der Waals surface area (Å²) < 4.78 is 37.1. The summed E-state index contributed by atoms with van der Waals surface area (Å²) in [5.41, 5.74) is 0. The van der Waals surface area contributed by atoms with Crippen molar-refractivity contribution in [2.45, 2.75) is 57.7 Å². The Morgan fingerprint density at radius 3 is 2.39 bits per heavy atom. The van der Waals surface area contributed by atoms with Crippen LogP contribution in [0.15, 0.2) is 0 Å². The summed E-state index contributed by atoms with van der Waals surface area (Å²) in [7, 11) is 0. The second-order valence-corrected chi connectivity index (χ2v) is 5.39. The minimum absolute atomic E-state index is 0.143. The van der Waals surface area contributed by atoms with Gasteiger partial charge in [-0.1, -0.05) is 32.6 Å². The van der Waals surface area contributed by atoms with Crippen molar-refractivity contribution in [3.8, 4) is 0 Å². The molecule has 1 rings (SSSR count). The predicted molar refractivity (Wildman–Crippen MR) is 65.4 cm³/mol. The van der Waals surface area contributed by atoms with E-state index in [1.54, 1.807) is 0 Å². The van der Waals surface area contributed by atoms with Crippen molar-refractivity contribution in [3.05, 3.63) is 0 Å². The van der Waals surface area contributed by atoms with Gasteiger partial charge in [0.15, 0.2) is 0 Å². The maximum absolute atomic E-state index is 12.4. The molecule has 0 aromatic rings. The highest BCUT2D eigenvalue weighted by atomic mass is 19.4. The zero-order valence-electron chi connectivity index (χ0n) is 11.0. The van der Waals surface area contributed by atoms with E-state index >= 15 is 0 Å². The van der Waals surface area contributed by atoms with Crippen LogP contribution >= 0.6 is 0 Å². The minimum Gasteiger partial charge on any atom is -0.392 e. The summed E-state index contributed by atoms with van der Waals surface area (Å²) in [4.78, 5) is 1.32. The fourth-order valence-electron chi connectivity index (χ4n) is 2.81.